The third-order valence-electron chi connectivity index (χ3n) is 3.35. The van der Waals surface area contributed by atoms with E-state index in [2.05, 4.69) is 10.6 Å². The van der Waals surface area contributed by atoms with Crippen molar-refractivity contribution in [3.63, 3.8) is 0 Å². The van der Waals surface area contributed by atoms with E-state index < -0.39 is 17.9 Å². The molecule has 2 aliphatic rings. The van der Waals surface area contributed by atoms with Crippen molar-refractivity contribution in [3.8, 4) is 0 Å². The summed E-state index contributed by atoms with van der Waals surface area (Å²) in [6.07, 6.45) is 2.94. The minimum Gasteiger partial charge on any atom is -0.481 e. The molecule has 1 amide bonds. The predicted molar refractivity (Wildman–Crippen MR) is 59.5 cm³/mol. The van der Waals surface area contributed by atoms with Crippen molar-refractivity contribution in [2.75, 3.05) is 19.8 Å². The molecule has 0 aliphatic carbocycles. The van der Waals surface area contributed by atoms with Crippen LogP contribution in [0.2, 0.25) is 0 Å². The first kappa shape index (κ1) is 12.3. The molecule has 0 aromatic carbocycles. The number of ether oxygens (including phenoxy) is 1. The van der Waals surface area contributed by atoms with Gasteiger partial charge in [-0.1, -0.05) is 6.42 Å². The number of aliphatic carboxylic acids is 1. The maximum absolute atomic E-state index is 11.9. The summed E-state index contributed by atoms with van der Waals surface area (Å²) < 4.78 is 5.10. The second-order valence-electron chi connectivity index (χ2n) is 4.60. The summed E-state index contributed by atoms with van der Waals surface area (Å²) in [7, 11) is 0. The number of carbonyl (C=O) groups excluding carboxylic acids is 1. The Morgan fingerprint density at radius 2 is 2.12 bits per heavy atom. The molecule has 0 bridgehead atoms. The highest BCUT2D eigenvalue weighted by Gasteiger charge is 2.36. The Balaban J connectivity index is 1.86. The Bertz CT molecular complexity index is 302. The average molecular weight is 242 g/mol. The fourth-order valence-corrected chi connectivity index (χ4v) is 2.30. The molecule has 3 unspecified atom stereocenters. The fraction of sp³-hybridized carbons (Fsp3) is 0.818. The summed E-state index contributed by atoms with van der Waals surface area (Å²) in [5.41, 5.74) is 0. The van der Waals surface area contributed by atoms with Gasteiger partial charge >= 0.3 is 5.97 Å². The molecule has 3 N–H and O–H groups in total. The van der Waals surface area contributed by atoms with E-state index in [1.165, 1.54) is 0 Å². The van der Waals surface area contributed by atoms with Gasteiger partial charge in [-0.3, -0.25) is 9.59 Å². The summed E-state index contributed by atoms with van der Waals surface area (Å²) in [5, 5.41) is 14.9. The van der Waals surface area contributed by atoms with Gasteiger partial charge in [0, 0.05) is 0 Å². The van der Waals surface area contributed by atoms with Gasteiger partial charge in [0.15, 0.2) is 0 Å². The van der Waals surface area contributed by atoms with Crippen molar-refractivity contribution < 1.29 is 19.4 Å². The molecular weight excluding hydrogens is 224 g/mol. The molecule has 96 valence electrons. The molecule has 0 saturated carbocycles. The zero-order valence-electron chi connectivity index (χ0n) is 9.65. The van der Waals surface area contributed by atoms with Crippen molar-refractivity contribution in [2.45, 2.75) is 31.3 Å². The lowest BCUT2D eigenvalue weighted by Crippen LogP contribution is -2.52. The van der Waals surface area contributed by atoms with Crippen LogP contribution in [0.15, 0.2) is 0 Å². The second-order valence-corrected chi connectivity index (χ2v) is 4.60. The summed E-state index contributed by atoms with van der Waals surface area (Å²) in [4.78, 5) is 22.8. The highest BCUT2D eigenvalue weighted by atomic mass is 16.5. The third-order valence-corrected chi connectivity index (χ3v) is 3.35. The van der Waals surface area contributed by atoms with Crippen LogP contribution < -0.4 is 10.6 Å². The number of carboxylic acids is 1. The van der Waals surface area contributed by atoms with Gasteiger partial charge < -0.3 is 20.5 Å². The zero-order valence-corrected chi connectivity index (χ0v) is 9.65. The standard InChI is InChI=1S/C11H18N2O4/c14-10(8-3-1-2-4-12-8)13-9-6-17-5-7(9)11(15)16/h7-9,12H,1-6H2,(H,13,14)(H,15,16). The van der Waals surface area contributed by atoms with Gasteiger partial charge in [-0.2, -0.15) is 0 Å². The molecule has 6 nitrogen and oxygen atoms in total. The monoisotopic (exact) mass is 242 g/mol. The highest BCUT2D eigenvalue weighted by Crippen LogP contribution is 2.15. The number of amides is 1. The van der Waals surface area contributed by atoms with Crippen LogP contribution in [0.25, 0.3) is 0 Å². The smallest absolute Gasteiger partial charge is 0.311 e. The zero-order chi connectivity index (χ0) is 12.3. The molecule has 2 aliphatic heterocycles. The number of rotatable bonds is 3. The number of hydrogen-bond donors (Lipinski definition) is 3. The third kappa shape index (κ3) is 2.95. The topological polar surface area (TPSA) is 87.7 Å². The molecule has 0 aromatic heterocycles. The molecule has 0 spiro atoms. The van der Waals surface area contributed by atoms with E-state index >= 15 is 0 Å². The summed E-state index contributed by atoms with van der Waals surface area (Å²) in [6.45, 7) is 1.31. The van der Waals surface area contributed by atoms with E-state index in [1.807, 2.05) is 0 Å². The van der Waals surface area contributed by atoms with Crippen molar-refractivity contribution in [2.24, 2.45) is 5.92 Å². The highest BCUT2D eigenvalue weighted by molar-refractivity contribution is 5.83. The quantitative estimate of drug-likeness (QED) is 0.612. The Morgan fingerprint density at radius 1 is 1.29 bits per heavy atom. The number of nitrogens with one attached hydrogen (secondary N) is 2. The molecule has 17 heavy (non-hydrogen) atoms. The van der Waals surface area contributed by atoms with E-state index in [-0.39, 0.29) is 25.2 Å². The van der Waals surface area contributed by atoms with Crippen LogP contribution in [0.3, 0.4) is 0 Å². The minimum atomic E-state index is -0.913. The lowest BCUT2D eigenvalue weighted by molar-refractivity contribution is -0.142. The summed E-state index contributed by atoms with van der Waals surface area (Å²) >= 11 is 0. The van der Waals surface area contributed by atoms with Crippen LogP contribution in [0.5, 0.6) is 0 Å². The van der Waals surface area contributed by atoms with Crippen molar-refractivity contribution in [1.29, 1.82) is 0 Å². The SMILES string of the molecule is O=C(NC1COCC1C(=O)O)C1CCCCN1. The number of carboxylic acid groups (broad SMARTS) is 1. The Kier molecular flexibility index (Phi) is 3.96. The second kappa shape index (κ2) is 5.46. The van der Waals surface area contributed by atoms with Gasteiger partial charge in [0.05, 0.1) is 25.3 Å². The van der Waals surface area contributed by atoms with E-state index in [1.54, 1.807) is 0 Å². The number of carbonyl (C=O) groups is 2. The molecule has 6 heteroatoms. The Hall–Kier alpha value is -1.14. The van der Waals surface area contributed by atoms with Gasteiger partial charge in [0.1, 0.15) is 5.92 Å². The van der Waals surface area contributed by atoms with E-state index in [4.69, 9.17) is 9.84 Å². The van der Waals surface area contributed by atoms with Crippen LogP contribution in [0, 0.1) is 5.92 Å². The molecule has 2 heterocycles. The van der Waals surface area contributed by atoms with E-state index in [0.717, 1.165) is 25.8 Å². The number of hydrogen-bond acceptors (Lipinski definition) is 4. The minimum absolute atomic E-state index is 0.105. The van der Waals surface area contributed by atoms with Gasteiger partial charge in [0.2, 0.25) is 5.91 Å². The molecule has 2 fully saturated rings. The fourth-order valence-electron chi connectivity index (χ4n) is 2.30. The van der Waals surface area contributed by atoms with Crippen LogP contribution in [-0.4, -0.2) is 48.8 Å². The maximum Gasteiger partial charge on any atom is 0.311 e. The van der Waals surface area contributed by atoms with Crippen LogP contribution in [-0.2, 0) is 14.3 Å². The van der Waals surface area contributed by atoms with E-state index in [0.29, 0.717) is 0 Å². The summed E-state index contributed by atoms with van der Waals surface area (Å²) in [6, 6.07) is -0.581. The van der Waals surface area contributed by atoms with Gasteiger partial charge in [-0.15, -0.1) is 0 Å². The Labute approximate surface area is 99.7 Å². The molecule has 0 radical (unpaired) electrons. The van der Waals surface area contributed by atoms with Gasteiger partial charge in [-0.05, 0) is 19.4 Å². The molecule has 3 atom stereocenters. The van der Waals surface area contributed by atoms with Gasteiger partial charge in [0.25, 0.3) is 0 Å². The first-order valence-corrected chi connectivity index (χ1v) is 6.03. The van der Waals surface area contributed by atoms with E-state index in [9.17, 15) is 9.59 Å². The van der Waals surface area contributed by atoms with Crippen LogP contribution in [0.1, 0.15) is 19.3 Å². The lowest BCUT2D eigenvalue weighted by atomic mass is 10.0. The predicted octanol–water partition coefficient (Wildman–Crippen LogP) is -0.656. The van der Waals surface area contributed by atoms with Crippen molar-refractivity contribution in [3.05, 3.63) is 0 Å². The van der Waals surface area contributed by atoms with Crippen molar-refractivity contribution in [1.82, 2.24) is 10.6 Å². The first-order chi connectivity index (χ1) is 8.18. The largest absolute Gasteiger partial charge is 0.481 e. The molecule has 2 rings (SSSR count). The maximum atomic E-state index is 11.9. The lowest BCUT2D eigenvalue weighted by Gasteiger charge is -2.25. The summed E-state index contributed by atoms with van der Waals surface area (Å²) in [5.74, 6) is -1.64. The molecule has 0 aromatic rings. The average Bonchev–Trinajstić information content (AvgIpc) is 2.78. The normalized spacial score (nSPS) is 33.3. The van der Waals surface area contributed by atoms with Crippen molar-refractivity contribution >= 4 is 11.9 Å². The Morgan fingerprint density at radius 3 is 2.76 bits per heavy atom. The number of piperidine rings is 1. The van der Waals surface area contributed by atoms with Crippen LogP contribution >= 0.6 is 0 Å². The molecule has 2 saturated heterocycles. The molecular formula is C11H18N2O4. The van der Waals surface area contributed by atoms with Crippen LogP contribution in [0.4, 0.5) is 0 Å². The first-order valence-electron chi connectivity index (χ1n) is 6.03. The van der Waals surface area contributed by atoms with Gasteiger partial charge in [-0.25, -0.2) is 0 Å².